The highest BCUT2D eigenvalue weighted by atomic mass is 32.2. The van der Waals surface area contributed by atoms with Crippen molar-refractivity contribution in [3.63, 3.8) is 0 Å². The number of hydrogen-bond acceptors (Lipinski definition) is 5. The number of aromatic nitrogens is 1. The van der Waals surface area contributed by atoms with Crippen molar-refractivity contribution in [2.45, 2.75) is 30.2 Å². The molecule has 1 aliphatic carbocycles. The van der Waals surface area contributed by atoms with Crippen molar-refractivity contribution in [3.8, 4) is 6.07 Å². The summed E-state index contributed by atoms with van der Waals surface area (Å²) in [7, 11) is -2.00. The van der Waals surface area contributed by atoms with Crippen LogP contribution in [0.2, 0.25) is 0 Å². The number of sulfonamides is 1. The minimum Gasteiger partial charge on any atom is -0.330 e. The maximum atomic E-state index is 12.5. The zero-order valence-corrected chi connectivity index (χ0v) is 12.2. The fourth-order valence-electron chi connectivity index (χ4n) is 2.71. The highest BCUT2D eigenvalue weighted by molar-refractivity contribution is 7.89. The SMILES string of the molecule is CN(C1CCCC1CN)S(=O)(=O)c1ccc(C#N)nc1. The van der Waals surface area contributed by atoms with Gasteiger partial charge in [-0.1, -0.05) is 6.42 Å². The molecule has 0 spiro atoms. The maximum absolute atomic E-state index is 12.5. The molecule has 0 saturated heterocycles. The molecule has 1 heterocycles. The van der Waals surface area contributed by atoms with Gasteiger partial charge < -0.3 is 5.73 Å². The minimum absolute atomic E-state index is 0.0550. The predicted octanol–water partition coefficient (Wildman–Crippen LogP) is 0.701. The fraction of sp³-hybridized carbons (Fsp3) is 0.538. The molecule has 1 aromatic heterocycles. The van der Waals surface area contributed by atoms with Gasteiger partial charge in [0.2, 0.25) is 10.0 Å². The average Bonchev–Trinajstić information content (AvgIpc) is 2.94. The number of nitrogens with two attached hydrogens (primary N) is 1. The monoisotopic (exact) mass is 294 g/mol. The Morgan fingerprint density at radius 2 is 2.25 bits per heavy atom. The first kappa shape index (κ1) is 14.9. The summed E-state index contributed by atoms with van der Waals surface area (Å²) < 4.78 is 26.5. The van der Waals surface area contributed by atoms with Crippen LogP contribution in [0.4, 0.5) is 0 Å². The highest BCUT2D eigenvalue weighted by Gasteiger charge is 2.35. The van der Waals surface area contributed by atoms with E-state index in [9.17, 15) is 8.42 Å². The standard InChI is InChI=1S/C13H18N4O2S/c1-17(13-4-2-3-10(13)7-14)20(18,19)12-6-5-11(8-15)16-9-12/h5-6,9-10,13H,2-4,7,14H2,1H3. The van der Waals surface area contributed by atoms with Gasteiger partial charge >= 0.3 is 0 Å². The van der Waals surface area contributed by atoms with Crippen LogP contribution in [0.25, 0.3) is 0 Å². The topological polar surface area (TPSA) is 100 Å². The zero-order valence-electron chi connectivity index (χ0n) is 11.4. The van der Waals surface area contributed by atoms with Gasteiger partial charge in [-0.05, 0) is 37.4 Å². The molecule has 20 heavy (non-hydrogen) atoms. The van der Waals surface area contributed by atoms with Crippen LogP contribution in [0.5, 0.6) is 0 Å². The molecule has 1 aromatic rings. The molecule has 0 amide bonds. The summed E-state index contributed by atoms with van der Waals surface area (Å²) in [5, 5.41) is 8.69. The smallest absolute Gasteiger partial charge is 0.244 e. The summed E-state index contributed by atoms with van der Waals surface area (Å²) in [6.07, 6.45) is 4.03. The molecule has 1 aliphatic rings. The summed E-state index contributed by atoms with van der Waals surface area (Å²) in [6, 6.07) is 4.65. The quantitative estimate of drug-likeness (QED) is 0.881. The van der Waals surface area contributed by atoms with Crippen molar-refractivity contribution < 1.29 is 8.42 Å². The highest BCUT2D eigenvalue weighted by Crippen LogP contribution is 2.31. The number of nitrogens with zero attached hydrogens (tertiary/aromatic N) is 3. The molecule has 2 atom stereocenters. The molecule has 0 aromatic carbocycles. The van der Waals surface area contributed by atoms with E-state index in [-0.39, 0.29) is 22.5 Å². The van der Waals surface area contributed by atoms with E-state index in [2.05, 4.69) is 4.98 Å². The second-order valence-corrected chi connectivity index (χ2v) is 7.00. The first-order valence-electron chi connectivity index (χ1n) is 6.55. The third-order valence-electron chi connectivity index (χ3n) is 3.92. The molecular weight excluding hydrogens is 276 g/mol. The Morgan fingerprint density at radius 3 is 2.80 bits per heavy atom. The lowest BCUT2D eigenvalue weighted by Gasteiger charge is -2.28. The molecule has 0 aliphatic heterocycles. The van der Waals surface area contributed by atoms with E-state index in [0.29, 0.717) is 6.54 Å². The van der Waals surface area contributed by atoms with Crippen molar-refractivity contribution in [2.24, 2.45) is 11.7 Å². The molecule has 0 bridgehead atoms. The van der Waals surface area contributed by atoms with Gasteiger partial charge in [-0.25, -0.2) is 13.4 Å². The Kier molecular flexibility index (Phi) is 4.38. The van der Waals surface area contributed by atoms with Crippen LogP contribution in [0, 0.1) is 17.2 Å². The summed E-state index contributed by atoms with van der Waals surface area (Å²) in [4.78, 5) is 3.93. The molecule has 2 unspecified atom stereocenters. The van der Waals surface area contributed by atoms with Crippen LogP contribution >= 0.6 is 0 Å². The first-order chi connectivity index (χ1) is 9.50. The van der Waals surface area contributed by atoms with Gasteiger partial charge in [0.25, 0.3) is 0 Å². The lowest BCUT2D eigenvalue weighted by Crippen LogP contribution is -2.41. The van der Waals surface area contributed by atoms with Gasteiger partial charge in [0, 0.05) is 19.3 Å². The van der Waals surface area contributed by atoms with Crippen LogP contribution < -0.4 is 5.73 Å². The number of hydrogen-bond donors (Lipinski definition) is 1. The second kappa shape index (κ2) is 5.87. The van der Waals surface area contributed by atoms with Crippen LogP contribution in [0.3, 0.4) is 0 Å². The van der Waals surface area contributed by atoms with E-state index in [1.165, 1.54) is 22.6 Å². The van der Waals surface area contributed by atoms with E-state index in [1.54, 1.807) is 7.05 Å². The molecule has 1 fully saturated rings. The molecule has 7 heteroatoms. The molecule has 0 radical (unpaired) electrons. The van der Waals surface area contributed by atoms with Crippen molar-refractivity contribution in [1.82, 2.24) is 9.29 Å². The fourth-order valence-corrected chi connectivity index (χ4v) is 4.11. The van der Waals surface area contributed by atoms with Gasteiger partial charge in [0.05, 0.1) is 0 Å². The van der Waals surface area contributed by atoms with Crippen molar-refractivity contribution in [3.05, 3.63) is 24.0 Å². The van der Waals surface area contributed by atoms with Gasteiger partial charge in [-0.2, -0.15) is 9.57 Å². The van der Waals surface area contributed by atoms with E-state index < -0.39 is 10.0 Å². The maximum Gasteiger partial charge on any atom is 0.244 e. The second-order valence-electron chi connectivity index (χ2n) is 5.01. The third-order valence-corrected chi connectivity index (χ3v) is 5.78. The lowest BCUT2D eigenvalue weighted by atomic mass is 10.0. The Bertz CT molecular complexity index is 606. The summed E-state index contributed by atoms with van der Waals surface area (Å²) >= 11 is 0. The van der Waals surface area contributed by atoms with Crippen molar-refractivity contribution >= 4 is 10.0 Å². The van der Waals surface area contributed by atoms with Crippen LogP contribution in [0.15, 0.2) is 23.2 Å². The molecular formula is C13H18N4O2S. The Balaban J connectivity index is 2.27. The van der Waals surface area contributed by atoms with E-state index in [0.717, 1.165) is 19.3 Å². The van der Waals surface area contributed by atoms with E-state index >= 15 is 0 Å². The van der Waals surface area contributed by atoms with Gasteiger partial charge in [-0.3, -0.25) is 0 Å². The molecule has 108 valence electrons. The largest absolute Gasteiger partial charge is 0.330 e. The lowest BCUT2D eigenvalue weighted by molar-refractivity contribution is 0.304. The van der Waals surface area contributed by atoms with Gasteiger partial charge in [0.15, 0.2) is 0 Å². The first-order valence-corrected chi connectivity index (χ1v) is 7.99. The van der Waals surface area contributed by atoms with Crippen molar-refractivity contribution in [2.75, 3.05) is 13.6 Å². The molecule has 1 saturated carbocycles. The van der Waals surface area contributed by atoms with E-state index in [4.69, 9.17) is 11.0 Å². The number of rotatable bonds is 4. The Hall–Kier alpha value is -1.49. The summed E-state index contributed by atoms with van der Waals surface area (Å²) in [5.74, 6) is 0.209. The van der Waals surface area contributed by atoms with Gasteiger partial charge in [-0.15, -0.1) is 0 Å². The Morgan fingerprint density at radius 1 is 1.50 bits per heavy atom. The summed E-state index contributed by atoms with van der Waals surface area (Å²) in [5.41, 5.74) is 5.91. The summed E-state index contributed by atoms with van der Waals surface area (Å²) in [6.45, 7) is 0.496. The molecule has 6 nitrogen and oxygen atoms in total. The number of nitriles is 1. The minimum atomic E-state index is -3.58. The van der Waals surface area contributed by atoms with E-state index in [1.807, 2.05) is 6.07 Å². The zero-order chi connectivity index (χ0) is 14.8. The van der Waals surface area contributed by atoms with Crippen molar-refractivity contribution in [1.29, 1.82) is 5.26 Å². The molecule has 2 rings (SSSR count). The average molecular weight is 294 g/mol. The van der Waals surface area contributed by atoms with Crippen LogP contribution in [-0.2, 0) is 10.0 Å². The molecule has 2 N–H and O–H groups in total. The van der Waals surface area contributed by atoms with Crippen LogP contribution in [-0.4, -0.2) is 37.3 Å². The Labute approximate surface area is 119 Å². The normalized spacial score (nSPS) is 22.9. The third kappa shape index (κ3) is 2.68. The van der Waals surface area contributed by atoms with Crippen LogP contribution in [0.1, 0.15) is 25.0 Å². The number of pyridine rings is 1. The predicted molar refractivity (Wildman–Crippen MR) is 74.1 cm³/mol. The van der Waals surface area contributed by atoms with Gasteiger partial charge in [0.1, 0.15) is 16.7 Å².